The highest BCUT2D eigenvalue weighted by atomic mass is 16.6. The Morgan fingerprint density at radius 2 is 1.88 bits per heavy atom. The zero-order valence-electron chi connectivity index (χ0n) is 15.8. The van der Waals surface area contributed by atoms with Crippen LogP contribution in [-0.4, -0.2) is 68.2 Å². The van der Waals surface area contributed by atoms with Crippen molar-refractivity contribution in [3.63, 3.8) is 0 Å². The zero-order valence-corrected chi connectivity index (χ0v) is 15.8. The van der Waals surface area contributed by atoms with Gasteiger partial charge in [-0.1, -0.05) is 6.92 Å². The molecule has 8 nitrogen and oxygen atoms in total. The van der Waals surface area contributed by atoms with Crippen LogP contribution in [0.25, 0.3) is 0 Å². The molecule has 8 heteroatoms. The van der Waals surface area contributed by atoms with Crippen LogP contribution in [0, 0.1) is 0 Å². The lowest BCUT2D eigenvalue weighted by Gasteiger charge is -2.32. The maximum atomic E-state index is 11.7. The summed E-state index contributed by atoms with van der Waals surface area (Å²) in [5.74, 6) is 0.754. The minimum atomic E-state index is -0.236. The standard InChI is InChI=1S/C17H33N5O3/c1-4-10-19-15(23)7-11-20-16(18-5-2)21-14-8-12-22(13-9-14)17(24)25-6-3/h14H,4-13H2,1-3H3,(H,19,23)(H2,18,20,21). The molecule has 0 aliphatic carbocycles. The first-order valence-electron chi connectivity index (χ1n) is 9.33. The first-order chi connectivity index (χ1) is 12.1. The van der Waals surface area contributed by atoms with Gasteiger partial charge in [0, 0.05) is 38.6 Å². The molecule has 0 spiro atoms. The first kappa shape index (κ1) is 21.1. The Hall–Kier alpha value is -1.99. The van der Waals surface area contributed by atoms with Crippen LogP contribution < -0.4 is 16.0 Å². The van der Waals surface area contributed by atoms with Crippen LogP contribution in [0.3, 0.4) is 0 Å². The molecule has 2 amide bonds. The van der Waals surface area contributed by atoms with Crippen molar-refractivity contribution in [1.29, 1.82) is 0 Å². The summed E-state index contributed by atoms with van der Waals surface area (Å²) in [5, 5.41) is 9.44. The highest BCUT2D eigenvalue weighted by molar-refractivity contribution is 5.81. The third-order valence-corrected chi connectivity index (χ3v) is 3.89. The van der Waals surface area contributed by atoms with E-state index in [0.29, 0.717) is 39.2 Å². The normalized spacial score (nSPS) is 15.6. The van der Waals surface area contributed by atoms with E-state index in [1.165, 1.54) is 0 Å². The minimum Gasteiger partial charge on any atom is -0.450 e. The molecule has 0 unspecified atom stereocenters. The van der Waals surface area contributed by atoms with Gasteiger partial charge in [-0.3, -0.25) is 9.79 Å². The van der Waals surface area contributed by atoms with Crippen LogP contribution in [0.2, 0.25) is 0 Å². The number of amides is 2. The smallest absolute Gasteiger partial charge is 0.409 e. The lowest BCUT2D eigenvalue weighted by molar-refractivity contribution is -0.120. The summed E-state index contributed by atoms with van der Waals surface area (Å²) in [6, 6.07) is 0.261. The average Bonchev–Trinajstić information content (AvgIpc) is 2.61. The van der Waals surface area contributed by atoms with Gasteiger partial charge in [-0.05, 0) is 33.1 Å². The number of carbonyl (C=O) groups excluding carboxylic acids is 2. The van der Waals surface area contributed by atoms with Crippen molar-refractivity contribution < 1.29 is 14.3 Å². The molecule has 144 valence electrons. The van der Waals surface area contributed by atoms with Crippen LogP contribution in [0.1, 0.15) is 46.5 Å². The first-order valence-corrected chi connectivity index (χ1v) is 9.33. The molecular formula is C17H33N5O3. The van der Waals surface area contributed by atoms with Crippen molar-refractivity contribution in [1.82, 2.24) is 20.9 Å². The van der Waals surface area contributed by atoms with E-state index in [4.69, 9.17) is 4.74 Å². The van der Waals surface area contributed by atoms with Crippen molar-refractivity contribution in [2.24, 2.45) is 4.99 Å². The van der Waals surface area contributed by atoms with E-state index in [1.807, 2.05) is 20.8 Å². The van der Waals surface area contributed by atoms with Crippen molar-refractivity contribution in [3.05, 3.63) is 0 Å². The Morgan fingerprint density at radius 3 is 2.48 bits per heavy atom. The molecule has 0 saturated carbocycles. The Bertz CT molecular complexity index is 434. The molecule has 1 fully saturated rings. The van der Waals surface area contributed by atoms with Gasteiger partial charge in [-0.25, -0.2) is 4.79 Å². The van der Waals surface area contributed by atoms with Crippen LogP contribution in [0.15, 0.2) is 4.99 Å². The fourth-order valence-corrected chi connectivity index (χ4v) is 2.56. The molecule has 0 atom stereocenters. The van der Waals surface area contributed by atoms with E-state index in [9.17, 15) is 9.59 Å². The van der Waals surface area contributed by atoms with E-state index in [1.54, 1.807) is 4.90 Å². The SMILES string of the molecule is CCCNC(=O)CCN=C(NCC)NC1CCN(C(=O)OCC)CC1. The molecule has 0 bridgehead atoms. The summed E-state index contributed by atoms with van der Waals surface area (Å²) >= 11 is 0. The summed E-state index contributed by atoms with van der Waals surface area (Å²) < 4.78 is 5.03. The fourth-order valence-electron chi connectivity index (χ4n) is 2.56. The topological polar surface area (TPSA) is 95.1 Å². The Labute approximate surface area is 150 Å². The van der Waals surface area contributed by atoms with Crippen molar-refractivity contribution >= 4 is 18.0 Å². The summed E-state index contributed by atoms with van der Waals surface area (Å²) in [6.07, 6.45) is 2.78. The molecule has 0 aromatic carbocycles. The van der Waals surface area contributed by atoms with Crippen LogP contribution in [-0.2, 0) is 9.53 Å². The molecule has 0 radical (unpaired) electrons. The average molecular weight is 355 g/mol. The molecule has 1 aliphatic heterocycles. The predicted molar refractivity (Wildman–Crippen MR) is 98.6 cm³/mol. The summed E-state index contributed by atoms with van der Waals surface area (Å²) in [5.41, 5.74) is 0. The quantitative estimate of drug-likeness (QED) is 0.447. The van der Waals surface area contributed by atoms with E-state index in [-0.39, 0.29) is 18.0 Å². The van der Waals surface area contributed by atoms with Crippen LogP contribution in [0.5, 0.6) is 0 Å². The van der Waals surface area contributed by atoms with Gasteiger partial charge >= 0.3 is 6.09 Å². The number of ether oxygens (including phenoxy) is 1. The molecular weight excluding hydrogens is 322 g/mol. The fraction of sp³-hybridized carbons (Fsp3) is 0.824. The van der Waals surface area contributed by atoms with Gasteiger partial charge in [0.05, 0.1) is 13.2 Å². The lowest BCUT2D eigenvalue weighted by Crippen LogP contribution is -2.50. The van der Waals surface area contributed by atoms with Crippen molar-refractivity contribution in [2.75, 3.05) is 39.3 Å². The number of rotatable bonds is 8. The second kappa shape index (κ2) is 12.4. The molecule has 0 aromatic heterocycles. The molecule has 1 heterocycles. The van der Waals surface area contributed by atoms with Crippen LogP contribution >= 0.6 is 0 Å². The Kier molecular flexibility index (Phi) is 10.4. The summed E-state index contributed by atoms with van der Waals surface area (Å²) in [4.78, 5) is 29.5. The highest BCUT2D eigenvalue weighted by Gasteiger charge is 2.23. The predicted octanol–water partition coefficient (Wildman–Crippen LogP) is 1.08. The molecule has 0 aromatic rings. The van der Waals surface area contributed by atoms with Gasteiger partial charge in [0.15, 0.2) is 5.96 Å². The van der Waals surface area contributed by atoms with Gasteiger partial charge in [-0.15, -0.1) is 0 Å². The molecule has 1 rings (SSSR count). The monoisotopic (exact) mass is 355 g/mol. The third-order valence-electron chi connectivity index (χ3n) is 3.89. The van der Waals surface area contributed by atoms with Gasteiger partial charge in [0.25, 0.3) is 0 Å². The zero-order chi connectivity index (χ0) is 18.5. The van der Waals surface area contributed by atoms with Crippen molar-refractivity contribution in [2.45, 2.75) is 52.5 Å². The summed E-state index contributed by atoms with van der Waals surface area (Å²) in [7, 11) is 0. The van der Waals surface area contributed by atoms with E-state index < -0.39 is 0 Å². The number of piperidine rings is 1. The maximum Gasteiger partial charge on any atom is 0.409 e. The largest absolute Gasteiger partial charge is 0.450 e. The van der Waals surface area contributed by atoms with E-state index in [0.717, 1.165) is 31.8 Å². The van der Waals surface area contributed by atoms with E-state index in [2.05, 4.69) is 20.9 Å². The number of guanidine groups is 1. The van der Waals surface area contributed by atoms with Gasteiger partial charge in [-0.2, -0.15) is 0 Å². The summed E-state index contributed by atoms with van der Waals surface area (Å²) in [6.45, 7) is 9.52. The molecule has 25 heavy (non-hydrogen) atoms. The molecule has 1 aliphatic rings. The number of hydrogen-bond acceptors (Lipinski definition) is 4. The van der Waals surface area contributed by atoms with Gasteiger partial charge in [0.2, 0.25) is 5.91 Å². The lowest BCUT2D eigenvalue weighted by atomic mass is 10.1. The highest BCUT2D eigenvalue weighted by Crippen LogP contribution is 2.11. The molecule has 1 saturated heterocycles. The number of hydrogen-bond donors (Lipinski definition) is 3. The van der Waals surface area contributed by atoms with Crippen LogP contribution in [0.4, 0.5) is 4.79 Å². The maximum absolute atomic E-state index is 11.7. The van der Waals surface area contributed by atoms with Gasteiger partial charge in [0.1, 0.15) is 0 Å². The molecule has 3 N–H and O–H groups in total. The Morgan fingerprint density at radius 1 is 1.16 bits per heavy atom. The van der Waals surface area contributed by atoms with Crippen molar-refractivity contribution in [3.8, 4) is 0 Å². The Balaban J connectivity index is 2.38. The number of aliphatic imine (C=N–C) groups is 1. The second-order valence-corrected chi connectivity index (χ2v) is 5.97. The third kappa shape index (κ3) is 8.60. The minimum absolute atomic E-state index is 0.0317. The number of carbonyl (C=O) groups is 2. The second-order valence-electron chi connectivity index (χ2n) is 5.97. The number of nitrogens with zero attached hydrogens (tertiary/aromatic N) is 2. The van der Waals surface area contributed by atoms with Gasteiger partial charge < -0.3 is 25.6 Å². The number of likely N-dealkylation sites (tertiary alicyclic amines) is 1. The number of nitrogens with one attached hydrogen (secondary N) is 3. The van der Waals surface area contributed by atoms with E-state index >= 15 is 0 Å².